The lowest BCUT2D eigenvalue weighted by atomic mass is 10.1. The Kier molecular flexibility index (Phi) is 7.49. The number of halogens is 1. The number of rotatable bonds is 7. The molecule has 2 rings (SSSR count). The third-order valence-corrected chi connectivity index (χ3v) is 4.42. The molecule has 7 heteroatoms. The Morgan fingerprint density at radius 3 is 1.85 bits per heavy atom. The van der Waals surface area contributed by atoms with E-state index in [-0.39, 0.29) is 13.2 Å². The minimum atomic E-state index is -0.485. The van der Waals surface area contributed by atoms with Gasteiger partial charge in [0.05, 0.1) is 0 Å². The van der Waals surface area contributed by atoms with Crippen LogP contribution in [-0.2, 0) is 16.0 Å². The molecule has 0 aliphatic carbocycles. The van der Waals surface area contributed by atoms with Crippen LogP contribution < -0.4 is 20.3 Å². The van der Waals surface area contributed by atoms with Gasteiger partial charge >= 0.3 is 0 Å². The molecule has 0 spiro atoms. The smallest absolute Gasteiger partial charge is 0.276 e. The molecule has 0 aliphatic heterocycles. The highest BCUT2D eigenvalue weighted by molar-refractivity contribution is 6.32. The van der Waals surface area contributed by atoms with Crippen LogP contribution >= 0.6 is 11.6 Å². The first-order valence-electron chi connectivity index (χ1n) is 8.58. The Labute approximate surface area is 163 Å². The Hall–Kier alpha value is -2.73. The molecule has 2 aromatic rings. The van der Waals surface area contributed by atoms with Crippen LogP contribution in [0.25, 0.3) is 0 Å². The number of nitrogens with one attached hydrogen (secondary N) is 2. The van der Waals surface area contributed by atoms with E-state index in [1.807, 2.05) is 26.0 Å². The second kappa shape index (κ2) is 9.83. The Morgan fingerprint density at radius 2 is 1.37 bits per heavy atom. The summed E-state index contributed by atoms with van der Waals surface area (Å²) >= 11 is 6.09. The van der Waals surface area contributed by atoms with Gasteiger partial charge in [-0.15, -0.1) is 0 Å². The van der Waals surface area contributed by atoms with E-state index < -0.39 is 11.8 Å². The molecule has 2 N–H and O–H groups in total. The van der Waals surface area contributed by atoms with Crippen LogP contribution in [-0.4, -0.2) is 25.0 Å². The summed E-state index contributed by atoms with van der Waals surface area (Å²) in [6.45, 7) is 5.34. The molecule has 0 saturated carbocycles. The predicted octanol–water partition coefficient (Wildman–Crippen LogP) is 3.12. The summed E-state index contributed by atoms with van der Waals surface area (Å²) in [6.07, 6.45) is 0.935. The summed E-state index contributed by atoms with van der Waals surface area (Å²) in [7, 11) is 0. The van der Waals surface area contributed by atoms with Crippen LogP contribution in [0.3, 0.4) is 0 Å². The van der Waals surface area contributed by atoms with E-state index in [0.717, 1.165) is 17.5 Å². The average Bonchev–Trinajstić information content (AvgIpc) is 2.67. The van der Waals surface area contributed by atoms with Gasteiger partial charge in [-0.05, 0) is 61.2 Å². The maximum atomic E-state index is 11.8. The van der Waals surface area contributed by atoms with E-state index in [1.54, 1.807) is 24.3 Å². The molecular weight excluding hydrogens is 368 g/mol. The van der Waals surface area contributed by atoms with Gasteiger partial charge in [0.2, 0.25) is 0 Å². The number of carbonyl (C=O) groups excluding carboxylic acids is 2. The fourth-order valence-electron chi connectivity index (χ4n) is 2.32. The Morgan fingerprint density at radius 1 is 0.889 bits per heavy atom. The third-order valence-electron chi connectivity index (χ3n) is 3.82. The van der Waals surface area contributed by atoms with Crippen molar-refractivity contribution < 1.29 is 19.1 Å². The van der Waals surface area contributed by atoms with E-state index in [9.17, 15) is 9.59 Å². The van der Waals surface area contributed by atoms with Crippen molar-refractivity contribution in [2.45, 2.75) is 27.2 Å². The normalized spacial score (nSPS) is 10.2. The number of aryl methyl sites for hydroxylation is 3. The van der Waals surface area contributed by atoms with E-state index in [1.165, 1.54) is 5.56 Å². The van der Waals surface area contributed by atoms with Crippen molar-refractivity contribution in [3.05, 3.63) is 58.1 Å². The fourth-order valence-corrected chi connectivity index (χ4v) is 2.43. The monoisotopic (exact) mass is 390 g/mol. The summed E-state index contributed by atoms with van der Waals surface area (Å²) in [4.78, 5) is 23.5. The maximum Gasteiger partial charge on any atom is 0.276 e. The molecule has 0 atom stereocenters. The zero-order chi connectivity index (χ0) is 19.8. The van der Waals surface area contributed by atoms with Crippen molar-refractivity contribution in [2.75, 3.05) is 13.2 Å². The van der Waals surface area contributed by atoms with Gasteiger partial charge in [-0.3, -0.25) is 20.4 Å². The third kappa shape index (κ3) is 6.49. The number of hydrogen-bond acceptors (Lipinski definition) is 4. The van der Waals surface area contributed by atoms with Crippen LogP contribution in [0, 0.1) is 13.8 Å². The standard InChI is InChI=1S/C20H23ClN2O4/c1-4-15-5-7-16(8-6-15)26-11-18(24)22-23-19(25)12-27-17-9-13(2)20(21)14(3)10-17/h5-10H,4,11-12H2,1-3H3,(H,22,24)(H,23,25). The molecule has 2 aromatic carbocycles. The van der Waals surface area contributed by atoms with Crippen LogP contribution in [0.15, 0.2) is 36.4 Å². The van der Waals surface area contributed by atoms with Crippen LogP contribution in [0.5, 0.6) is 11.5 Å². The molecule has 0 radical (unpaired) electrons. The molecular formula is C20H23ClN2O4. The second-order valence-corrected chi connectivity index (χ2v) is 6.42. The van der Waals surface area contributed by atoms with E-state index in [4.69, 9.17) is 21.1 Å². The summed E-state index contributed by atoms with van der Waals surface area (Å²) in [5, 5.41) is 0.670. The summed E-state index contributed by atoms with van der Waals surface area (Å²) in [6, 6.07) is 11.0. The first-order valence-corrected chi connectivity index (χ1v) is 8.95. The quantitative estimate of drug-likeness (QED) is 0.712. The van der Waals surface area contributed by atoms with E-state index in [0.29, 0.717) is 16.5 Å². The number of benzene rings is 2. The lowest BCUT2D eigenvalue weighted by Gasteiger charge is -2.11. The zero-order valence-corrected chi connectivity index (χ0v) is 16.4. The van der Waals surface area contributed by atoms with Gasteiger partial charge in [0.15, 0.2) is 13.2 Å². The second-order valence-electron chi connectivity index (χ2n) is 6.04. The molecule has 6 nitrogen and oxygen atoms in total. The topological polar surface area (TPSA) is 76.7 Å². The van der Waals surface area contributed by atoms with Gasteiger partial charge in [0, 0.05) is 5.02 Å². The highest BCUT2D eigenvalue weighted by Crippen LogP contribution is 2.25. The van der Waals surface area contributed by atoms with Crippen LogP contribution in [0.2, 0.25) is 5.02 Å². The first-order chi connectivity index (χ1) is 12.9. The first kappa shape index (κ1) is 20.6. The Bertz CT molecular complexity index is 783. The molecule has 144 valence electrons. The van der Waals surface area contributed by atoms with E-state index >= 15 is 0 Å². The van der Waals surface area contributed by atoms with Crippen molar-refractivity contribution >= 4 is 23.4 Å². The van der Waals surface area contributed by atoms with Crippen molar-refractivity contribution in [1.29, 1.82) is 0 Å². The molecule has 0 heterocycles. The molecule has 0 bridgehead atoms. The lowest BCUT2D eigenvalue weighted by molar-refractivity contribution is -0.131. The maximum absolute atomic E-state index is 11.8. The number of hydrazine groups is 1. The molecule has 2 amide bonds. The number of amides is 2. The molecule has 0 aromatic heterocycles. The molecule has 0 saturated heterocycles. The number of carbonyl (C=O) groups is 2. The molecule has 0 fully saturated rings. The summed E-state index contributed by atoms with van der Waals surface area (Å²) in [5.74, 6) is 0.169. The van der Waals surface area contributed by atoms with E-state index in [2.05, 4.69) is 17.8 Å². The highest BCUT2D eigenvalue weighted by atomic mass is 35.5. The van der Waals surface area contributed by atoms with Gasteiger partial charge in [0.1, 0.15) is 11.5 Å². The highest BCUT2D eigenvalue weighted by Gasteiger charge is 2.08. The fraction of sp³-hybridized carbons (Fsp3) is 0.300. The van der Waals surface area contributed by atoms with Crippen molar-refractivity contribution in [3.8, 4) is 11.5 Å². The molecule has 0 unspecified atom stereocenters. The zero-order valence-electron chi connectivity index (χ0n) is 15.6. The minimum Gasteiger partial charge on any atom is -0.484 e. The number of hydrogen-bond donors (Lipinski definition) is 2. The summed E-state index contributed by atoms with van der Waals surface area (Å²) < 4.78 is 10.8. The van der Waals surface area contributed by atoms with Gasteiger partial charge in [-0.1, -0.05) is 30.7 Å². The van der Waals surface area contributed by atoms with Crippen molar-refractivity contribution in [3.63, 3.8) is 0 Å². The molecule has 27 heavy (non-hydrogen) atoms. The van der Waals surface area contributed by atoms with Crippen LogP contribution in [0.1, 0.15) is 23.6 Å². The Balaban J connectivity index is 1.70. The largest absolute Gasteiger partial charge is 0.484 e. The van der Waals surface area contributed by atoms with Crippen LogP contribution in [0.4, 0.5) is 0 Å². The lowest BCUT2D eigenvalue weighted by Crippen LogP contribution is -2.45. The minimum absolute atomic E-state index is 0.206. The molecule has 0 aliphatic rings. The van der Waals surface area contributed by atoms with Gasteiger partial charge in [0.25, 0.3) is 11.8 Å². The predicted molar refractivity (Wildman–Crippen MR) is 104 cm³/mol. The number of ether oxygens (including phenoxy) is 2. The van der Waals surface area contributed by atoms with Gasteiger partial charge < -0.3 is 9.47 Å². The average molecular weight is 391 g/mol. The summed E-state index contributed by atoms with van der Waals surface area (Å²) in [5.41, 5.74) is 7.47. The van der Waals surface area contributed by atoms with Gasteiger partial charge in [-0.25, -0.2) is 0 Å². The van der Waals surface area contributed by atoms with Crippen molar-refractivity contribution in [2.24, 2.45) is 0 Å². The SMILES string of the molecule is CCc1ccc(OCC(=O)NNC(=O)COc2cc(C)c(Cl)c(C)c2)cc1. The van der Waals surface area contributed by atoms with Crippen molar-refractivity contribution in [1.82, 2.24) is 10.9 Å². The van der Waals surface area contributed by atoms with Gasteiger partial charge in [-0.2, -0.15) is 0 Å².